The Balaban J connectivity index is 2.33. The third-order valence-electron chi connectivity index (χ3n) is 1.97. The second kappa shape index (κ2) is 6.01. The summed E-state index contributed by atoms with van der Waals surface area (Å²) in [7, 11) is 0. The number of nitrogens with one attached hydrogen (secondary N) is 1. The van der Waals surface area contributed by atoms with Gasteiger partial charge in [-0.25, -0.2) is 0 Å². The van der Waals surface area contributed by atoms with Crippen molar-refractivity contribution < 1.29 is 0 Å². The molecule has 0 aromatic heterocycles. The summed E-state index contributed by atoms with van der Waals surface area (Å²) >= 11 is 0. The van der Waals surface area contributed by atoms with E-state index in [2.05, 4.69) is 29.9 Å². The summed E-state index contributed by atoms with van der Waals surface area (Å²) in [6, 6.07) is 10.2. The zero-order valence-electron chi connectivity index (χ0n) is 8.29. The molecule has 0 aliphatic carbocycles. The lowest BCUT2D eigenvalue weighted by Crippen LogP contribution is -2.17. The molecule has 0 spiro atoms. The van der Waals surface area contributed by atoms with Gasteiger partial charge in [-0.3, -0.25) is 0 Å². The first-order valence-corrected chi connectivity index (χ1v) is 4.72. The molecule has 0 fully saturated rings. The minimum Gasteiger partial charge on any atom is -0.312 e. The Morgan fingerprint density at radius 3 is 2.71 bits per heavy atom. The van der Waals surface area contributed by atoms with Gasteiger partial charge < -0.3 is 5.32 Å². The van der Waals surface area contributed by atoms with Gasteiger partial charge in [-0.2, -0.15) is 0 Å². The Hall–Kier alpha value is -1.52. The van der Waals surface area contributed by atoms with E-state index in [1.54, 1.807) is 0 Å². The van der Waals surface area contributed by atoms with Gasteiger partial charge in [0.05, 0.1) is 0 Å². The van der Waals surface area contributed by atoms with Crippen LogP contribution < -0.4 is 5.32 Å². The van der Waals surface area contributed by atoms with Gasteiger partial charge in [-0.15, -0.1) is 12.3 Å². The van der Waals surface area contributed by atoms with Crippen molar-refractivity contribution in [3.05, 3.63) is 42.5 Å². The molecule has 0 amide bonds. The van der Waals surface area contributed by atoms with Crippen LogP contribution in [0.25, 0.3) is 5.57 Å². The van der Waals surface area contributed by atoms with Gasteiger partial charge in [0.25, 0.3) is 0 Å². The molecular formula is C13H15N. The molecule has 14 heavy (non-hydrogen) atoms. The minimum absolute atomic E-state index is 0.766. The maximum Gasteiger partial charge on any atom is 0.0212 e. The molecule has 0 saturated carbocycles. The predicted molar refractivity (Wildman–Crippen MR) is 61.8 cm³/mol. The Morgan fingerprint density at radius 1 is 1.36 bits per heavy atom. The quantitative estimate of drug-likeness (QED) is 0.548. The van der Waals surface area contributed by atoms with Crippen molar-refractivity contribution in [1.29, 1.82) is 0 Å². The molecule has 1 rings (SSSR count). The lowest BCUT2D eigenvalue weighted by atomic mass is 10.1. The molecule has 0 atom stereocenters. The molecule has 0 heterocycles. The van der Waals surface area contributed by atoms with Crippen LogP contribution in [-0.4, -0.2) is 13.1 Å². The molecule has 1 N–H and O–H groups in total. The number of benzene rings is 1. The summed E-state index contributed by atoms with van der Waals surface area (Å²) in [6.07, 6.45) is 5.91. The van der Waals surface area contributed by atoms with Crippen LogP contribution in [0, 0.1) is 12.3 Å². The average molecular weight is 185 g/mol. The molecule has 72 valence electrons. The highest BCUT2D eigenvalue weighted by Crippen LogP contribution is 2.09. The second-order valence-corrected chi connectivity index (χ2v) is 3.10. The van der Waals surface area contributed by atoms with Crippen LogP contribution in [0.3, 0.4) is 0 Å². The number of hydrogen-bond acceptors (Lipinski definition) is 1. The van der Waals surface area contributed by atoms with Gasteiger partial charge in [0.15, 0.2) is 0 Å². The fraction of sp³-hybridized carbons (Fsp3) is 0.231. The van der Waals surface area contributed by atoms with E-state index in [0.29, 0.717) is 0 Å². The standard InChI is InChI=1S/C13H15N/c1-3-4-10-14-11-12(2)13-8-6-5-7-9-13/h1,5-9,14H,2,4,10-11H2. The van der Waals surface area contributed by atoms with Gasteiger partial charge in [-0.05, 0) is 11.1 Å². The maximum atomic E-state index is 5.14. The lowest BCUT2D eigenvalue weighted by Gasteiger charge is -2.06. The van der Waals surface area contributed by atoms with E-state index in [4.69, 9.17) is 6.42 Å². The summed E-state index contributed by atoms with van der Waals surface area (Å²) in [5.41, 5.74) is 2.28. The molecule has 0 unspecified atom stereocenters. The van der Waals surface area contributed by atoms with Crippen molar-refractivity contribution in [3.8, 4) is 12.3 Å². The van der Waals surface area contributed by atoms with Crippen LogP contribution in [0.2, 0.25) is 0 Å². The van der Waals surface area contributed by atoms with Crippen molar-refractivity contribution in [2.24, 2.45) is 0 Å². The van der Waals surface area contributed by atoms with Crippen molar-refractivity contribution in [2.45, 2.75) is 6.42 Å². The van der Waals surface area contributed by atoms with Crippen LogP contribution in [0.5, 0.6) is 0 Å². The SMILES string of the molecule is C#CCCNCC(=C)c1ccccc1. The number of rotatable bonds is 5. The van der Waals surface area contributed by atoms with Crippen LogP contribution in [0.4, 0.5) is 0 Å². The van der Waals surface area contributed by atoms with Crippen molar-refractivity contribution in [2.75, 3.05) is 13.1 Å². The molecule has 1 heteroatoms. The molecule has 0 radical (unpaired) electrons. The third-order valence-corrected chi connectivity index (χ3v) is 1.97. The average Bonchev–Trinajstić information content (AvgIpc) is 2.25. The zero-order chi connectivity index (χ0) is 10.2. The van der Waals surface area contributed by atoms with E-state index < -0.39 is 0 Å². The fourth-order valence-corrected chi connectivity index (χ4v) is 1.18. The van der Waals surface area contributed by atoms with Crippen molar-refractivity contribution >= 4 is 5.57 Å². The van der Waals surface area contributed by atoms with Crippen molar-refractivity contribution in [3.63, 3.8) is 0 Å². The summed E-state index contributed by atoms with van der Waals surface area (Å²) < 4.78 is 0. The van der Waals surface area contributed by atoms with Crippen LogP contribution in [0.1, 0.15) is 12.0 Å². The fourth-order valence-electron chi connectivity index (χ4n) is 1.18. The summed E-state index contributed by atoms with van der Waals surface area (Å²) in [5, 5.41) is 3.24. The third kappa shape index (κ3) is 3.47. The molecular weight excluding hydrogens is 170 g/mol. The maximum absolute atomic E-state index is 5.14. The van der Waals surface area contributed by atoms with Gasteiger partial charge in [0.2, 0.25) is 0 Å². The van der Waals surface area contributed by atoms with Crippen molar-refractivity contribution in [1.82, 2.24) is 5.32 Å². The number of hydrogen-bond donors (Lipinski definition) is 1. The molecule has 0 saturated heterocycles. The minimum atomic E-state index is 0.766. The largest absolute Gasteiger partial charge is 0.312 e. The Kier molecular flexibility index (Phi) is 4.54. The van der Waals surface area contributed by atoms with E-state index in [0.717, 1.165) is 25.1 Å². The van der Waals surface area contributed by atoms with E-state index in [-0.39, 0.29) is 0 Å². The van der Waals surface area contributed by atoms with Crippen LogP contribution in [-0.2, 0) is 0 Å². The smallest absolute Gasteiger partial charge is 0.0212 e. The van der Waals surface area contributed by atoms with Gasteiger partial charge in [-0.1, -0.05) is 36.9 Å². The Labute approximate surface area is 85.8 Å². The van der Waals surface area contributed by atoms with Gasteiger partial charge in [0, 0.05) is 19.5 Å². The lowest BCUT2D eigenvalue weighted by molar-refractivity contribution is 0.772. The Bertz CT molecular complexity index is 319. The first-order chi connectivity index (χ1) is 6.84. The highest BCUT2D eigenvalue weighted by molar-refractivity contribution is 5.64. The molecule has 0 bridgehead atoms. The molecule has 1 nitrogen and oxygen atoms in total. The first-order valence-electron chi connectivity index (χ1n) is 4.72. The molecule has 0 aliphatic heterocycles. The monoisotopic (exact) mass is 185 g/mol. The summed E-state index contributed by atoms with van der Waals surface area (Å²) in [5.74, 6) is 2.59. The topological polar surface area (TPSA) is 12.0 Å². The summed E-state index contributed by atoms with van der Waals surface area (Å²) in [6.45, 7) is 5.66. The van der Waals surface area contributed by atoms with Gasteiger partial charge >= 0.3 is 0 Å². The Morgan fingerprint density at radius 2 is 2.07 bits per heavy atom. The molecule has 1 aromatic carbocycles. The molecule has 1 aromatic rings. The normalized spacial score (nSPS) is 9.36. The van der Waals surface area contributed by atoms with Crippen LogP contribution in [0.15, 0.2) is 36.9 Å². The van der Waals surface area contributed by atoms with E-state index in [1.807, 2.05) is 18.2 Å². The van der Waals surface area contributed by atoms with E-state index in [9.17, 15) is 0 Å². The van der Waals surface area contributed by atoms with E-state index >= 15 is 0 Å². The van der Waals surface area contributed by atoms with Crippen LogP contribution >= 0.6 is 0 Å². The predicted octanol–water partition coefficient (Wildman–Crippen LogP) is 2.31. The highest BCUT2D eigenvalue weighted by Gasteiger charge is 1.95. The van der Waals surface area contributed by atoms with E-state index in [1.165, 1.54) is 5.56 Å². The zero-order valence-corrected chi connectivity index (χ0v) is 8.29. The van der Waals surface area contributed by atoms with Gasteiger partial charge in [0.1, 0.15) is 0 Å². The summed E-state index contributed by atoms with van der Waals surface area (Å²) in [4.78, 5) is 0. The number of terminal acetylenes is 1. The second-order valence-electron chi connectivity index (χ2n) is 3.10. The highest BCUT2D eigenvalue weighted by atomic mass is 14.8. The first kappa shape index (κ1) is 10.6. The molecule has 0 aliphatic rings.